The van der Waals surface area contributed by atoms with Gasteiger partial charge in [-0.15, -0.1) is 0 Å². The van der Waals surface area contributed by atoms with Gasteiger partial charge in [-0.05, 0) is 32.8 Å². The molecule has 0 radical (unpaired) electrons. The predicted molar refractivity (Wildman–Crippen MR) is 67.0 cm³/mol. The molecule has 0 amide bonds. The van der Waals surface area contributed by atoms with Crippen LogP contribution in [0.15, 0.2) is 6.07 Å². The second-order valence-electron chi connectivity index (χ2n) is 5.03. The lowest BCUT2D eigenvalue weighted by atomic mass is 10.0. The van der Waals surface area contributed by atoms with Gasteiger partial charge in [-0.1, -0.05) is 12.8 Å². The van der Waals surface area contributed by atoms with Gasteiger partial charge in [0.05, 0.1) is 0 Å². The molecule has 0 saturated heterocycles. The molecule has 0 unspecified atom stereocenters. The number of nitrogens with zero attached hydrogens (tertiary/aromatic N) is 2. The molecule has 0 spiro atoms. The highest BCUT2D eigenvalue weighted by atomic mass is 16.1. The highest BCUT2D eigenvalue weighted by Gasteiger charge is 2.19. The van der Waals surface area contributed by atoms with Gasteiger partial charge in [0.2, 0.25) is 0 Å². The van der Waals surface area contributed by atoms with Crippen LogP contribution in [-0.4, -0.2) is 15.8 Å². The van der Waals surface area contributed by atoms with Crippen molar-refractivity contribution in [2.45, 2.75) is 58.3 Å². The zero-order chi connectivity index (χ0) is 12.3. The van der Waals surface area contributed by atoms with Gasteiger partial charge in [0.25, 0.3) is 0 Å². The first kappa shape index (κ1) is 12.2. The summed E-state index contributed by atoms with van der Waals surface area (Å²) in [5.41, 5.74) is 2.22. The molecule has 1 aromatic rings. The SMILES string of the molecule is CC(=O)CCc1nc(C)cc(C2CCCC2)n1. The van der Waals surface area contributed by atoms with Gasteiger partial charge in [0.15, 0.2) is 0 Å². The van der Waals surface area contributed by atoms with Crippen molar-refractivity contribution < 1.29 is 4.79 Å². The van der Waals surface area contributed by atoms with Crippen LogP contribution in [0.3, 0.4) is 0 Å². The molecule has 0 aromatic carbocycles. The number of hydrogen-bond acceptors (Lipinski definition) is 3. The highest BCUT2D eigenvalue weighted by Crippen LogP contribution is 2.33. The van der Waals surface area contributed by atoms with Gasteiger partial charge < -0.3 is 4.79 Å². The molecule has 0 atom stereocenters. The van der Waals surface area contributed by atoms with E-state index in [-0.39, 0.29) is 5.78 Å². The zero-order valence-corrected chi connectivity index (χ0v) is 10.7. The summed E-state index contributed by atoms with van der Waals surface area (Å²) in [5, 5.41) is 0. The first-order valence-electron chi connectivity index (χ1n) is 6.49. The summed E-state index contributed by atoms with van der Waals surface area (Å²) < 4.78 is 0. The zero-order valence-electron chi connectivity index (χ0n) is 10.7. The Labute approximate surface area is 103 Å². The van der Waals surface area contributed by atoms with Crippen LogP contribution in [0.25, 0.3) is 0 Å². The standard InChI is InChI=1S/C14H20N2O/c1-10-9-13(12-5-3-4-6-12)16-14(15-10)8-7-11(2)17/h9,12H,3-8H2,1-2H3. The fourth-order valence-corrected chi connectivity index (χ4v) is 2.49. The minimum Gasteiger partial charge on any atom is -0.300 e. The smallest absolute Gasteiger partial charge is 0.130 e. The number of Topliss-reactive ketones (excluding diaryl/α,β-unsaturated/α-hetero) is 1. The number of carbonyl (C=O) groups is 1. The van der Waals surface area contributed by atoms with E-state index >= 15 is 0 Å². The summed E-state index contributed by atoms with van der Waals surface area (Å²) in [6.07, 6.45) is 6.36. The number of aromatic nitrogens is 2. The summed E-state index contributed by atoms with van der Waals surface area (Å²) in [6, 6.07) is 2.10. The van der Waals surface area contributed by atoms with Crippen molar-refractivity contribution in [1.82, 2.24) is 9.97 Å². The molecule has 0 bridgehead atoms. The van der Waals surface area contributed by atoms with Gasteiger partial charge in [0.1, 0.15) is 11.6 Å². The summed E-state index contributed by atoms with van der Waals surface area (Å²) in [5.74, 6) is 1.66. The Morgan fingerprint density at radius 1 is 1.35 bits per heavy atom. The molecule has 1 saturated carbocycles. The van der Waals surface area contributed by atoms with Crippen LogP contribution in [0.4, 0.5) is 0 Å². The molecule has 0 aliphatic heterocycles. The normalized spacial score (nSPS) is 16.4. The van der Waals surface area contributed by atoms with Crippen LogP contribution in [0.1, 0.15) is 62.2 Å². The van der Waals surface area contributed by atoms with Gasteiger partial charge in [-0.25, -0.2) is 9.97 Å². The third-order valence-corrected chi connectivity index (χ3v) is 3.39. The Morgan fingerprint density at radius 3 is 2.71 bits per heavy atom. The molecule has 2 rings (SSSR count). The van der Waals surface area contributed by atoms with Crippen LogP contribution in [0.2, 0.25) is 0 Å². The van der Waals surface area contributed by atoms with Crippen molar-refractivity contribution in [3.05, 3.63) is 23.3 Å². The lowest BCUT2D eigenvalue weighted by Gasteiger charge is -2.10. The highest BCUT2D eigenvalue weighted by molar-refractivity contribution is 5.75. The molecular weight excluding hydrogens is 212 g/mol. The third kappa shape index (κ3) is 3.35. The average Bonchev–Trinajstić information content (AvgIpc) is 2.79. The molecular formula is C14H20N2O. The summed E-state index contributed by atoms with van der Waals surface area (Å²) in [7, 11) is 0. The van der Waals surface area contributed by atoms with Gasteiger partial charge >= 0.3 is 0 Å². The van der Waals surface area contributed by atoms with Crippen molar-refractivity contribution >= 4 is 5.78 Å². The van der Waals surface area contributed by atoms with E-state index in [1.54, 1.807) is 6.92 Å². The topological polar surface area (TPSA) is 42.9 Å². The van der Waals surface area contributed by atoms with Gasteiger partial charge in [0, 0.05) is 30.1 Å². The minimum absolute atomic E-state index is 0.206. The lowest BCUT2D eigenvalue weighted by molar-refractivity contribution is -0.117. The molecule has 3 heteroatoms. The van der Waals surface area contributed by atoms with E-state index in [9.17, 15) is 4.79 Å². The summed E-state index contributed by atoms with van der Waals surface area (Å²) in [4.78, 5) is 20.0. The summed E-state index contributed by atoms with van der Waals surface area (Å²) in [6.45, 7) is 3.63. The fraction of sp³-hybridized carbons (Fsp3) is 0.643. The Balaban J connectivity index is 2.13. The molecule has 3 nitrogen and oxygen atoms in total. The van der Waals surface area contributed by atoms with Crippen molar-refractivity contribution in [1.29, 1.82) is 0 Å². The molecule has 1 aliphatic carbocycles. The van der Waals surface area contributed by atoms with Crippen molar-refractivity contribution in [2.75, 3.05) is 0 Å². The number of rotatable bonds is 4. The maximum absolute atomic E-state index is 11.0. The second kappa shape index (κ2) is 5.39. The maximum Gasteiger partial charge on any atom is 0.130 e. The van der Waals surface area contributed by atoms with E-state index in [1.165, 1.54) is 31.4 Å². The number of ketones is 1. The minimum atomic E-state index is 0.206. The molecule has 1 heterocycles. The number of aryl methyl sites for hydroxylation is 2. The van der Waals surface area contributed by atoms with E-state index in [1.807, 2.05) is 6.92 Å². The van der Waals surface area contributed by atoms with Crippen LogP contribution < -0.4 is 0 Å². The van der Waals surface area contributed by atoms with E-state index in [4.69, 9.17) is 0 Å². The monoisotopic (exact) mass is 232 g/mol. The molecule has 1 aromatic heterocycles. The van der Waals surface area contributed by atoms with Crippen molar-refractivity contribution in [3.63, 3.8) is 0 Å². The Morgan fingerprint density at radius 2 is 2.06 bits per heavy atom. The van der Waals surface area contributed by atoms with E-state index in [0.29, 0.717) is 18.8 Å². The van der Waals surface area contributed by atoms with E-state index in [0.717, 1.165) is 11.5 Å². The van der Waals surface area contributed by atoms with Gasteiger partial charge in [-0.2, -0.15) is 0 Å². The Hall–Kier alpha value is -1.25. The molecule has 1 aliphatic rings. The van der Waals surface area contributed by atoms with E-state index < -0.39 is 0 Å². The van der Waals surface area contributed by atoms with E-state index in [2.05, 4.69) is 16.0 Å². The largest absolute Gasteiger partial charge is 0.300 e. The quantitative estimate of drug-likeness (QED) is 0.801. The van der Waals surface area contributed by atoms with Crippen LogP contribution in [0, 0.1) is 6.92 Å². The van der Waals surface area contributed by atoms with Crippen LogP contribution in [0.5, 0.6) is 0 Å². The first-order valence-corrected chi connectivity index (χ1v) is 6.49. The second-order valence-corrected chi connectivity index (χ2v) is 5.03. The Bertz CT molecular complexity index is 409. The average molecular weight is 232 g/mol. The summed E-state index contributed by atoms with van der Waals surface area (Å²) >= 11 is 0. The molecule has 0 N–H and O–H groups in total. The fourth-order valence-electron chi connectivity index (χ4n) is 2.49. The molecule has 17 heavy (non-hydrogen) atoms. The third-order valence-electron chi connectivity index (χ3n) is 3.39. The molecule has 1 fully saturated rings. The molecule has 92 valence electrons. The van der Waals surface area contributed by atoms with Crippen molar-refractivity contribution in [3.8, 4) is 0 Å². The van der Waals surface area contributed by atoms with Gasteiger partial charge in [-0.3, -0.25) is 0 Å². The van der Waals surface area contributed by atoms with Crippen molar-refractivity contribution in [2.24, 2.45) is 0 Å². The lowest BCUT2D eigenvalue weighted by Crippen LogP contribution is -2.06. The predicted octanol–water partition coefficient (Wildman–Crippen LogP) is 2.96. The number of carbonyl (C=O) groups excluding carboxylic acids is 1. The maximum atomic E-state index is 11.0. The van der Waals surface area contributed by atoms with Crippen LogP contribution >= 0.6 is 0 Å². The first-order chi connectivity index (χ1) is 8.15. The number of hydrogen-bond donors (Lipinski definition) is 0. The van der Waals surface area contributed by atoms with Crippen LogP contribution in [-0.2, 0) is 11.2 Å². The Kier molecular flexibility index (Phi) is 3.87.